The summed E-state index contributed by atoms with van der Waals surface area (Å²) in [6, 6.07) is 6.98. The van der Waals surface area contributed by atoms with E-state index in [1.165, 1.54) is 17.4 Å². The monoisotopic (exact) mass is 247 g/mol. The van der Waals surface area contributed by atoms with Crippen LogP contribution in [0.25, 0.3) is 15.8 Å². The number of rotatable bonds is 2. The number of benzene rings is 1. The van der Waals surface area contributed by atoms with E-state index < -0.39 is 0 Å². The molecule has 0 unspecified atom stereocenters. The summed E-state index contributed by atoms with van der Waals surface area (Å²) < 4.78 is 16.0. The van der Waals surface area contributed by atoms with Gasteiger partial charge in [0, 0.05) is 30.1 Å². The zero-order chi connectivity index (χ0) is 11.8. The Balaban J connectivity index is 2.20. The quantitative estimate of drug-likeness (QED) is 0.753. The van der Waals surface area contributed by atoms with Crippen molar-refractivity contribution >= 4 is 27.2 Å². The van der Waals surface area contributed by atoms with Gasteiger partial charge in [-0.3, -0.25) is 0 Å². The Hall–Kier alpha value is -1.88. The third-order valence-corrected chi connectivity index (χ3v) is 3.62. The van der Waals surface area contributed by atoms with Gasteiger partial charge in [0.15, 0.2) is 0 Å². The summed E-state index contributed by atoms with van der Waals surface area (Å²) in [7, 11) is 1.82. The summed E-state index contributed by atoms with van der Waals surface area (Å²) in [6.45, 7) is 0. The smallest absolute Gasteiger partial charge is 0.148 e. The normalized spacial score (nSPS) is 10.9. The van der Waals surface area contributed by atoms with Crippen molar-refractivity contribution < 1.29 is 4.39 Å². The average molecular weight is 247 g/mol. The fourth-order valence-electron chi connectivity index (χ4n) is 1.78. The van der Waals surface area contributed by atoms with E-state index in [9.17, 15) is 4.39 Å². The van der Waals surface area contributed by atoms with Crippen LogP contribution in [-0.2, 0) is 0 Å². The predicted octanol–water partition coefficient (Wildman–Crippen LogP) is 3.27. The molecule has 1 aromatic carbocycles. The maximum Gasteiger partial charge on any atom is 0.148 e. The van der Waals surface area contributed by atoms with Crippen molar-refractivity contribution in [3.63, 3.8) is 0 Å². The predicted molar refractivity (Wildman–Crippen MR) is 68.5 cm³/mol. The molecule has 0 spiro atoms. The lowest BCUT2D eigenvalue weighted by atomic mass is 10.2. The maximum atomic E-state index is 13.6. The first-order valence-electron chi connectivity index (χ1n) is 5.19. The molecule has 3 nitrogen and oxygen atoms in total. The molecule has 0 fully saturated rings. The van der Waals surface area contributed by atoms with Gasteiger partial charge in [-0.25, -0.2) is 9.07 Å². The molecule has 0 radical (unpaired) electrons. The molecule has 2 aromatic heterocycles. The van der Waals surface area contributed by atoms with E-state index >= 15 is 0 Å². The van der Waals surface area contributed by atoms with Crippen LogP contribution in [0.1, 0.15) is 0 Å². The van der Waals surface area contributed by atoms with Gasteiger partial charge in [0.25, 0.3) is 0 Å². The van der Waals surface area contributed by atoms with E-state index in [1.54, 1.807) is 10.7 Å². The minimum atomic E-state index is -0.181. The van der Waals surface area contributed by atoms with Gasteiger partial charge in [0.1, 0.15) is 11.6 Å². The Kier molecular flexibility index (Phi) is 2.33. The lowest BCUT2D eigenvalue weighted by Gasteiger charge is -1.99. The van der Waals surface area contributed by atoms with Gasteiger partial charge in [0.2, 0.25) is 0 Å². The van der Waals surface area contributed by atoms with Gasteiger partial charge < -0.3 is 5.32 Å². The van der Waals surface area contributed by atoms with E-state index in [0.717, 1.165) is 16.9 Å². The first-order valence-corrected chi connectivity index (χ1v) is 6.07. The van der Waals surface area contributed by atoms with E-state index in [0.29, 0.717) is 4.70 Å². The third kappa shape index (κ3) is 1.59. The highest BCUT2D eigenvalue weighted by atomic mass is 32.1. The lowest BCUT2D eigenvalue weighted by Crippen LogP contribution is -1.95. The molecule has 0 aliphatic carbocycles. The van der Waals surface area contributed by atoms with Crippen LogP contribution in [-0.4, -0.2) is 16.8 Å². The minimum Gasteiger partial charge on any atom is -0.372 e. The summed E-state index contributed by atoms with van der Waals surface area (Å²) in [4.78, 5) is 0. The zero-order valence-electron chi connectivity index (χ0n) is 9.14. The van der Waals surface area contributed by atoms with Crippen LogP contribution in [0, 0.1) is 5.82 Å². The topological polar surface area (TPSA) is 29.9 Å². The number of nitrogens with one attached hydrogen (secondary N) is 1. The molecular weight excluding hydrogens is 237 g/mol. The van der Waals surface area contributed by atoms with Crippen LogP contribution in [0.4, 0.5) is 10.2 Å². The van der Waals surface area contributed by atoms with Gasteiger partial charge in [-0.1, -0.05) is 12.1 Å². The van der Waals surface area contributed by atoms with E-state index in [4.69, 9.17) is 0 Å². The van der Waals surface area contributed by atoms with Gasteiger partial charge in [-0.15, -0.1) is 11.3 Å². The third-order valence-electron chi connectivity index (χ3n) is 2.62. The zero-order valence-corrected chi connectivity index (χ0v) is 9.96. The Morgan fingerprint density at radius 1 is 1.35 bits per heavy atom. The highest BCUT2D eigenvalue weighted by Gasteiger charge is 2.09. The van der Waals surface area contributed by atoms with Gasteiger partial charge in [-0.2, -0.15) is 5.10 Å². The number of hydrogen-bond donors (Lipinski definition) is 1. The first kappa shape index (κ1) is 10.3. The number of thiophene rings is 1. The second kappa shape index (κ2) is 3.85. The summed E-state index contributed by atoms with van der Waals surface area (Å²) in [6.07, 6.45) is 1.86. The van der Waals surface area contributed by atoms with Crippen molar-refractivity contribution in [1.29, 1.82) is 0 Å². The summed E-state index contributed by atoms with van der Waals surface area (Å²) in [5.41, 5.74) is 0.908. The van der Waals surface area contributed by atoms with Crippen LogP contribution < -0.4 is 5.32 Å². The molecule has 0 atom stereocenters. The van der Waals surface area contributed by atoms with Crippen LogP contribution >= 0.6 is 11.3 Å². The number of halogens is 1. The molecule has 0 aliphatic rings. The molecular formula is C12H10FN3S. The number of fused-ring (bicyclic) bond motifs is 1. The van der Waals surface area contributed by atoms with Crippen molar-refractivity contribution in [3.8, 4) is 5.69 Å². The van der Waals surface area contributed by atoms with Gasteiger partial charge in [0.05, 0.1) is 10.4 Å². The summed E-state index contributed by atoms with van der Waals surface area (Å²) >= 11 is 1.40. The second-order valence-corrected chi connectivity index (χ2v) is 4.51. The molecule has 3 rings (SSSR count). The molecule has 0 aliphatic heterocycles. The summed E-state index contributed by atoms with van der Waals surface area (Å²) in [5, 5.41) is 10.1. The fraction of sp³-hybridized carbons (Fsp3) is 0.0833. The highest BCUT2D eigenvalue weighted by molar-refractivity contribution is 7.17. The van der Waals surface area contributed by atoms with Crippen molar-refractivity contribution in [3.05, 3.63) is 41.7 Å². The van der Waals surface area contributed by atoms with Crippen molar-refractivity contribution in [1.82, 2.24) is 9.78 Å². The molecule has 17 heavy (non-hydrogen) atoms. The average Bonchev–Trinajstić information content (AvgIpc) is 2.94. The van der Waals surface area contributed by atoms with E-state index in [2.05, 4.69) is 10.4 Å². The number of anilines is 1. The molecule has 5 heteroatoms. The van der Waals surface area contributed by atoms with Crippen molar-refractivity contribution in [2.24, 2.45) is 0 Å². The largest absolute Gasteiger partial charge is 0.372 e. The lowest BCUT2D eigenvalue weighted by molar-refractivity contribution is 0.641. The highest BCUT2D eigenvalue weighted by Crippen LogP contribution is 2.30. The minimum absolute atomic E-state index is 0.181. The number of aromatic nitrogens is 2. The molecule has 2 heterocycles. The molecule has 1 N–H and O–H groups in total. The Labute approximate surface area is 101 Å². The second-order valence-electron chi connectivity index (χ2n) is 3.63. The van der Waals surface area contributed by atoms with Crippen molar-refractivity contribution in [2.45, 2.75) is 0 Å². The van der Waals surface area contributed by atoms with Crippen molar-refractivity contribution in [2.75, 3.05) is 12.4 Å². The Morgan fingerprint density at radius 2 is 2.24 bits per heavy atom. The molecule has 0 saturated carbocycles. The van der Waals surface area contributed by atoms with Gasteiger partial charge >= 0.3 is 0 Å². The number of hydrogen-bond acceptors (Lipinski definition) is 3. The number of nitrogens with zero attached hydrogens (tertiary/aromatic N) is 2. The van der Waals surface area contributed by atoms with E-state index in [1.807, 2.05) is 30.8 Å². The Bertz CT molecular complexity index is 671. The fourth-order valence-corrected chi connectivity index (χ4v) is 2.72. The van der Waals surface area contributed by atoms with Crippen LogP contribution in [0.5, 0.6) is 0 Å². The molecule has 86 valence electrons. The van der Waals surface area contributed by atoms with Crippen LogP contribution in [0.2, 0.25) is 0 Å². The molecule has 0 bridgehead atoms. The van der Waals surface area contributed by atoms with Crippen LogP contribution in [0.3, 0.4) is 0 Å². The Morgan fingerprint density at radius 3 is 3.00 bits per heavy atom. The first-order chi connectivity index (χ1) is 8.29. The summed E-state index contributed by atoms with van der Waals surface area (Å²) in [5.74, 6) is 0.612. The van der Waals surface area contributed by atoms with Crippen LogP contribution in [0.15, 0.2) is 35.8 Å². The molecule has 0 saturated heterocycles. The van der Waals surface area contributed by atoms with Gasteiger partial charge in [-0.05, 0) is 6.07 Å². The van der Waals surface area contributed by atoms with E-state index in [-0.39, 0.29) is 5.82 Å². The molecule has 0 amide bonds. The SMILES string of the molecule is CNc1ccn(-c2csc3c(F)cccc23)n1. The standard InChI is InChI=1S/C12H10FN3S/c1-14-11-5-6-16(15-11)10-7-17-12-8(10)3-2-4-9(12)13/h2-7H,1H3,(H,14,15). The molecule has 3 aromatic rings. The maximum absolute atomic E-state index is 13.6.